The number of rotatable bonds is 2. The molecule has 1 atom stereocenters. The van der Waals surface area contributed by atoms with Crippen molar-refractivity contribution in [2.24, 2.45) is 0 Å². The van der Waals surface area contributed by atoms with Gasteiger partial charge in [-0.05, 0) is 49.7 Å². The van der Waals surface area contributed by atoms with Gasteiger partial charge in [0.1, 0.15) is 11.6 Å². The minimum absolute atomic E-state index is 0.303. The maximum absolute atomic E-state index is 14.3. The van der Waals surface area contributed by atoms with Crippen LogP contribution in [0.5, 0.6) is 0 Å². The van der Waals surface area contributed by atoms with Crippen molar-refractivity contribution < 1.29 is 4.39 Å². The highest BCUT2D eigenvalue weighted by atomic mass is 35.5. The standard InChI is InChI=1S/C16H13Cl2FN2/c1-9-3-5-14(12(19)7-9)21-15-6-4-11(18)8-13(15)20-16(21)10(2)17/h3-8,10H,1-2H3. The molecule has 2 nitrogen and oxygen atoms in total. The predicted molar refractivity (Wildman–Crippen MR) is 85.0 cm³/mol. The third-order valence-electron chi connectivity index (χ3n) is 3.34. The normalized spacial score (nSPS) is 12.8. The molecule has 1 unspecified atom stereocenters. The molecular weight excluding hydrogens is 310 g/mol. The van der Waals surface area contributed by atoms with E-state index in [9.17, 15) is 4.39 Å². The van der Waals surface area contributed by atoms with Gasteiger partial charge in [0.05, 0.1) is 22.1 Å². The molecule has 0 amide bonds. The van der Waals surface area contributed by atoms with Gasteiger partial charge in [0.2, 0.25) is 0 Å². The molecular formula is C16H13Cl2FN2. The summed E-state index contributed by atoms with van der Waals surface area (Å²) in [5.74, 6) is 0.291. The van der Waals surface area contributed by atoms with Crippen molar-refractivity contribution >= 4 is 34.2 Å². The van der Waals surface area contributed by atoms with E-state index in [4.69, 9.17) is 23.2 Å². The van der Waals surface area contributed by atoms with E-state index in [0.717, 1.165) is 11.1 Å². The van der Waals surface area contributed by atoms with Gasteiger partial charge >= 0.3 is 0 Å². The Kier molecular flexibility index (Phi) is 3.64. The summed E-state index contributed by atoms with van der Waals surface area (Å²) >= 11 is 12.2. The Balaban J connectivity index is 2.36. The number of halogens is 3. The highest BCUT2D eigenvalue weighted by molar-refractivity contribution is 6.31. The van der Waals surface area contributed by atoms with Crippen LogP contribution >= 0.6 is 23.2 Å². The van der Waals surface area contributed by atoms with Crippen LogP contribution in [-0.2, 0) is 0 Å². The largest absolute Gasteiger partial charge is 0.292 e. The molecule has 0 bridgehead atoms. The zero-order valence-electron chi connectivity index (χ0n) is 11.6. The quantitative estimate of drug-likeness (QED) is 0.575. The Morgan fingerprint density at radius 2 is 1.95 bits per heavy atom. The fraction of sp³-hybridized carbons (Fsp3) is 0.188. The molecule has 0 aliphatic rings. The number of fused-ring (bicyclic) bond motifs is 1. The lowest BCUT2D eigenvalue weighted by Crippen LogP contribution is -2.04. The van der Waals surface area contributed by atoms with Crippen LogP contribution in [0.4, 0.5) is 4.39 Å². The number of alkyl halides is 1. The van der Waals surface area contributed by atoms with E-state index in [1.54, 1.807) is 22.8 Å². The molecule has 0 saturated heterocycles. The van der Waals surface area contributed by atoms with E-state index in [-0.39, 0.29) is 11.2 Å². The SMILES string of the molecule is Cc1ccc(-n2c(C(C)Cl)nc3cc(Cl)ccc32)c(F)c1. The van der Waals surface area contributed by atoms with E-state index in [0.29, 0.717) is 22.1 Å². The van der Waals surface area contributed by atoms with Gasteiger partial charge in [-0.3, -0.25) is 4.57 Å². The van der Waals surface area contributed by atoms with E-state index < -0.39 is 0 Å². The van der Waals surface area contributed by atoms with E-state index in [2.05, 4.69) is 4.98 Å². The summed E-state index contributed by atoms with van der Waals surface area (Å²) in [6, 6.07) is 10.4. The lowest BCUT2D eigenvalue weighted by molar-refractivity contribution is 0.615. The summed E-state index contributed by atoms with van der Waals surface area (Å²) < 4.78 is 16.1. The average Bonchev–Trinajstić information content (AvgIpc) is 2.77. The zero-order valence-corrected chi connectivity index (χ0v) is 13.1. The van der Waals surface area contributed by atoms with E-state index >= 15 is 0 Å². The molecule has 3 aromatic rings. The van der Waals surface area contributed by atoms with Gasteiger partial charge in [0.15, 0.2) is 0 Å². The molecule has 21 heavy (non-hydrogen) atoms. The number of aryl methyl sites for hydroxylation is 1. The van der Waals surface area contributed by atoms with Gasteiger partial charge in [0, 0.05) is 5.02 Å². The van der Waals surface area contributed by atoms with Crippen molar-refractivity contribution in [2.45, 2.75) is 19.2 Å². The van der Waals surface area contributed by atoms with Crippen molar-refractivity contribution in [1.29, 1.82) is 0 Å². The second kappa shape index (κ2) is 5.32. The lowest BCUT2D eigenvalue weighted by Gasteiger charge is -2.12. The van der Waals surface area contributed by atoms with Crippen LogP contribution in [0.2, 0.25) is 5.02 Å². The minimum atomic E-state index is -0.350. The summed E-state index contributed by atoms with van der Waals surface area (Å²) in [5.41, 5.74) is 2.78. The first kappa shape index (κ1) is 14.4. The van der Waals surface area contributed by atoms with Crippen molar-refractivity contribution in [3.63, 3.8) is 0 Å². The van der Waals surface area contributed by atoms with Crippen LogP contribution < -0.4 is 0 Å². The monoisotopic (exact) mass is 322 g/mol. The van der Waals surface area contributed by atoms with E-state index in [1.165, 1.54) is 6.07 Å². The molecule has 3 rings (SSSR count). The Morgan fingerprint density at radius 3 is 2.62 bits per heavy atom. The summed E-state index contributed by atoms with van der Waals surface area (Å²) in [6.07, 6.45) is 0. The van der Waals surface area contributed by atoms with Gasteiger partial charge in [-0.25, -0.2) is 9.37 Å². The minimum Gasteiger partial charge on any atom is -0.292 e. The van der Waals surface area contributed by atoms with Crippen molar-refractivity contribution in [3.05, 3.63) is 58.6 Å². The summed E-state index contributed by atoms with van der Waals surface area (Å²) in [5, 5.41) is 0.238. The molecule has 5 heteroatoms. The smallest absolute Gasteiger partial charge is 0.147 e. The molecule has 108 valence electrons. The van der Waals surface area contributed by atoms with Gasteiger partial charge in [-0.15, -0.1) is 11.6 Å². The highest BCUT2D eigenvalue weighted by Crippen LogP contribution is 2.30. The van der Waals surface area contributed by atoms with Crippen LogP contribution in [0, 0.1) is 12.7 Å². The molecule has 1 heterocycles. The fourth-order valence-corrected chi connectivity index (χ4v) is 2.70. The van der Waals surface area contributed by atoms with Crippen molar-refractivity contribution in [2.75, 3.05) is 0 Å². The molecule has 0 aliphatic heterocycles. The van der Waals surface area contributed by atoms with Crippen LogP contribution in [0.3, 0.4) is 0 Å². The van der Waals surface area contributed by atoms with Crippen molar-refractivity contribution in [3.8, 4) is 5.69 Å². The summed E-state index contributed by atoms with van der Waals surface area (Å²) in [6.45, 7) is 3.66. The van der Waals surface area contributed by atoms with Gasteiger partial charge < -0.3 is 0 Å². The molecule has 0 saturated carbocycles. The Labute approximate surface area is 132 Å². The third kappa shape index (κ3) is 2.52. The topological polar surface area (TPSA) is 17.8 Å². The zero-order chi connectivity index (χ0) is 15.1. The van der Waals surface area contributed by atoms with Crippen LogP contribution in [0.25, 0.3) is 16.7 Å². The maximum atomic E-state index is 14.3. The van der Waals surface area contributed by atoms with Crippen LogP contribution in [0.15, 0.2) is 36.4 Å². The molecule has 1 aromatic heterocycles. The second-order valence-corrected chi connectivity index (χ2v) is 6.10. The third-order valence-corrected chi connectivity index (χ3v) is 3.77. The molecule has 0 fully saturated rings. The number of hydrogen-bond donors (Lipinski definition) is 0. The van der Waals surface area contributed by atoms with Gasteiger partial charge in [-0.2, -0.15) is 0 Å². The first-order valence-corrected chi connectivity index (χ1v) is 7.37. The molecule has 2 aromatic carbocycles. The lowest BCUT2D eigenvalue weighted by atomic mass is 10.2. The number of nitrogens with zero attached hydrogens (tertiary/aromatic N) is 2. The predicted octanol–water partition coefficient (Wildman–Crippen LogP) is 5.43. The summed E-state index contributed by atoms with van der Waals surface area (Å²) in [7, 11) is 0. The Bertz CT molecular complexity index is 825. The molecule has 0 spiro atoms. The number of hydrogen-bond acceptors (Lipinski definition) is 1. The Hall–Kier alpha value is -1.58. The number of imidazole rings is 1. The number of benzene rings is 2. The number of aromatic nitrogens is 2. The van der Waals surface area contributed by atoms with Crippen molar-refractivity contribution in [1.82, 2.24) is 9.55 Å². The first-order chi connectivity index (χ1) is 9.97. The summed E-state index contributed by atoms with van der Waals surface area (Å²) in [4.78, 5) is 4.49. The highest BCUT2D eigenvalue weighted by Gasteiger charge is 2.18. The molecule has 0 N–H and O–H groups in total. The fourth-order valence-electron chi connectivity index (χ4n) is 2.39. The molecule has 0 radical (unpaired) electrons. The second-order valence-electron chi connectivity index (χ2n) is 5.01. The average molecular weight is 323 g/mol. The van der Waals surface area contributed by atoms with Gasteiger partial charge in [0.25, 0.3) is 0 Å². The first-order valence-electron chi connectivity index (χ1n) is 6.56. The maximum Gasteiger partial charge on any atom is 0.147 e. The van der Waals surface area contributed by atoms with E-state index in [1.807, 2.05) is 26.0 Å². The van der Waals surface area contributed by atoms with Crippen LogP contribution in [0.1, 0.15) is 23.7 Å². The van der Waals surface area contributed by atoms with Crippen LogP contribution in [-0.4, -0.2) is 9.55 Å². The molecule has 0 aliphatic carbocycles. The Morgan fingerprint density at radius 1 is 1.19 bits per heavy atom. The van der Waals surface area contributed by atoms with Gasteiger partial charge in [-0.1, -0.05) is 17.7 Å².